The molecule has 94 valence electrons. The number of hydrogen-bond donors (Lipinski definition) is 0. The molecule has 0 aliphatic rings. The number of ether oxygens (including phenoxy) is 1. The molecule has 0 aliphatic heterocycles. The van der Waals surface area contributed by atoms with E-state index >= 15 is 0 Å². The van der Waals surface area contributed by atoms with E-state index in [1.165, 1.54) is 22.3 Å². The lowest BCUT2D eigenvalue weighted by Crippen LogP contribution is -1.98. The zero-order chi connectivity index (χ0) is 13.0. The number of alkyl halides is 1. The molecule has 0 aliphatic carbocycles. The lowest BCUT2D eigenvalue weighted by molar-refractivity contribution is 0.304. The van der Waals surface area contributed by atoms with E-state index in [2.05, 4.69) is 66.2 Å². The van der Waals surface area contributed by atoms with Crippen molar-refractivity contribution in [2.75, 3.05) is 0 Å². The van der Waals surface area contributed by atoms with Gasteiger partial charge >= 0.3 is 0 Å². The van der Waals surface area contributed by atoms with Gasteiger partial charge in [0.05, 0.1) is 0 Å². The number of benzene rings is 2. The van der Waals surface area contributed by atoms with Crippen molar-refractivity contribution in [3.63, 3.8) is 0 Å². The van der Waals surface area contributed by atoms with Gasteiger partial charge in [0.25, 0.3) is 0 Å². The summed E-state index contributed by atoms with van der Waals surface area (Å²) in [6.45, 7) is 4.81. The second kappa shape index (κ2) is 6.05. The molecule has 18 heavy (non-hydrogen) atoms. The molecule has 0 heterocycles. The Morgan fingerprint density at radius 1 is 1.00 bits per heavy atom. The van der Waals surface area contributed by atoms with Crippen molar-refractivity contribution in [1.82, 2.24) is 0 Å². The minimum absolute atomic E-state index is 0.616. The van der Waals surface area contributed by atoms with Crippen LogP contribution in [0.2, 0.25) is 0 Å². The van der Waals surface area contributed by atoms with E-state index < -0.39 is 0 Å². The lowest BCUT2D eigenvalue weighted by atomic mass is 10.1. The van der Waals surface area contributed by atoms with Crippen LogP contribution in [0.5, 0.6) is 5.75 Å². The first-order valence-corrected chi connectivity index (χ1v) is 7.15. The molecule has 0 aromatic heterocycles. The second-order valence-electron chi connectivity index (χ2n) is 4.52. The largest absolute Gasteiger partial charge is 0.489 e. The highest BCUT2D eigenvalue weighted by Crippen LogP contribution is 2.23. The summed E-state index contributed by atoms with van der Waals surface area (Å²) in [6.07, 6.45) is 0. The van der Waals surface area contributed by atoms with Crippen molar-refractivity contribution in [1.29, 1.82) is 0 Å². The first-order chi connectivity index (χ1) is 8.69. The highest BCUT2D eigenvalue weighted by molar-refractivity contribution is 9.08. The van der Waals surface area contributed by atoms with Gasteiger partial charge in [0.2, 0.25) is 0 Å². The third-order valence-corrected chi connectivity index (χ3v) is 3.44. The van der Waals surface area contributed by atoms with E-state index in [4.69, 9.17) is 4.74 Å². The van der Waals surface area contributed by atoms with Gasteiger partial charge in [-0.25, -0.2) is 0 Å². The Labute approximate surface area is 117 Å². The Kier molecular flexibility index (Phi) is 4.43. The van der Waals surface area contributed by atoms with Gasteiger partial charge in [-0.3, -0.25) is 0 Å². The maximum atomic E-state index is 5.89. The molecule has 2 aromatic carbocycles. The van der Waals surface area contributed by atoms with Crippen LogP contribution in [0.25, 0.3) is 0 Å². The maximum Gasteiger partial charge on any atom is 0.123 e. The fourth-order valence-corrected chi connectivity index (χ4v) is 2.35. The molecule has 0 spiro atoms. The predicted octanol–water partition coefficient (Wildman–Crippen LogP) is 4.78. The number of rotatable bonds is 4. The number of hydrogen-bond acceptors (Lipinski definition) is 1. The van der Waals surface area contributed by atoms with Crippen molar-refractivity contribution in [2.45, 2.75) is 25.8 Å². The molecule has 0 atom stereocenters. The molecule has 0 amide bonds. The van der Waals surface area contributed by atoms with Crippen LogP contribution in [0.15, 0.2) is 42.5 Å². The topological polar surface area (TPSA) is 9.23 Å². The zero-order valence-electron chi connectivity index (χ0n) is 10.7. The summed E-state index contributed by atoms with van der Waals surface area (Å²) in [6, 6.07) is 14.7. The molecule has 2 aromatic rings. The Morgan fingerprint density at radius 3 is 2.50 bits per heavy atom. The maximum absolute atomic E-state index is 5.89. The quantitative estimate of drug-likeness (QED) is 0.739. The lowest BCUT2D eigenvalue weighted by Gasteiger charge is -2.11. The Hall–Kier alpha value is -1.28. The first-order valence-electron chi connectivity index (χ1n) is 6.03. The standard InChI is InChI=1S/C16H17BrO/c1-12-4-3-5-14(8-12)11-18-16-7-6-13(2)9-15(16)10-17/h3-9H,10-11H2,1-2H3. The third kappa shape index (κ3) is 3.36. The molecule has 2 heteroatoms. The third-order valence-electron chi connectivity index (χ3n) is 2.84. The Balaban J connectivity index is 2.10. The van der Waals surface area contributed by atoms with E-state index in [0.717, 1.165) is 11.1 Å². The molecular formula is C16H17BrO. The first kappa shape index (κ1) is 13.2. The monoisotopic (exact) mass is 304 g/mol. The Morgan fingerprint density at radius 2 is 1.78 bits per heavy atom. The van der Waals surface area contributed by atoms with Crippen molar-refractivity contribution in [3.05, 3.63) is 64.7 Å². The number of halogens is 1. The molecular weight excluding hydrogens is 288 g/mol. The van der Waals surface area contributed by atoms with E-state index in [9.17, 15) is 0 Å². The molecule has 0 unspecified atom stereocenters. The van der Waals surface area contributed by atoms with Crippen LogP contribution in [0.4, 0.5) is 0 Å². The van der Waals surface area contributed by atoms with Crippen molar-refractivity contribution in [2.24, 2.45) is 0 Å². The van der Waals surface area contributed by atoms with E-state index in [1.54, 1.807) is 0 Å². The average Bonchev–Trinajstić information content (AvgIpc) is 2.37. The summed E-state index contributed by atoms with van der Waals surface area (Å²) in [4.78, 5) is 0. The summed E-state index contributed by atoms with van der Waals surface area (Å²) >= 11 is 3.50. The van der Waals surface area contributed by atoms with E-state index in [-0.39, 0.29) is 0 Å². The van der Waals surface area contributed by atoms with Crippen LogP contribution in [0, 0.1) is 13.8 Å². The highest BCUT2D eigenvalue weighted by Gasteiger charge is 2.03. The molecule has 0 bridgehead atoms. The minimum Gasteiger partial charge on any atom is -0.489 e. The summed E-state index contributed by atoms with van der Waals surface area (Å²) in [5.41, 5.74) is 4.92. The zero-order valence-corrected chi connectivity index (χ0v) is 12.3. The minimum atomic E-state index is 0.616. The fourth-order valence-electron chi connectivity index (χ4n) is 1.92. The summed E-state index contributed by atoms with van der Waals surface area (Å²) in [7, 11) is 0. The van der Waals surface area contributed by atoms with Gasteiger partial charge in [-0.1, -0.05) is 63.5 Å². The summed E-state index contributed by atoms with van der Waals surface area (Å²) in [5.74, 6) is 0.957. The van der Waals surface area contributed by atoms with Crippen LogP contribution in [-0.4, -0.2) is 0 Å². The molecule has 0 N–H and O–H groups in total. The average molecular weight is 305 g/mol. The van der Waals surface area contributed by atoms with Crippen molar-refractivity contribution in [3.8, 4) is 5.75 Å². The smallest absolute Gasteiger partial charge is 0.123 e. The van der Waals surface area contributed by atoms with Crippen LogP contribution in [0.1, 0.15) is 22.3 Å². The van der Waals surface area contributed by atoms with Crippen molar-refractivity contribution >= 4 is 15.9 Å². The number of aryl methyl sites for hydroxylation is 2. The molecule has 0 saturated heterocycles. The van der Waals surface area contributed by atoms with Gasteiger partial charge in [-0.05, 0) is 25.5 Å². The molecule has 0 fully saturated rings. The van der Waals surface area contributed by atoms with Gasteiger partial charge in [0.1, 0.15) is 12.4 Å². The van der Waals surface area contributed by atoms with E-state index in [0.29, 0.717) is 6.61 Å². The molecule has 0 saturated carbocycles. The highest BCUT2D eigenvalue weighted by atomic mass is 79.9. The normalized spacial score (nSPS) is 10.4. The molecule has 0 radical (unpaired) electrons. The molecule has 1 nitrogen and oxygen atoms in total. The summed E-state index contributed by atoms with van der Waals surface area (Å²) < 4.78 is 5.89. The van der Waals surface area contributed by atoms with Crippen LogP contribution < -0.4 is 4.74 Å². The summed E-state index contributed by atoms with van der Waals surface area (Å²) in [5, 5.41) is 0.817. The van der Waals surface area contributed by atoms with Gasteiger partial charge < -0.3 is 4.74 Å². The molecule has 2 rings (SSSR count). The van der Waals surface area contributed by atoms with Crippen LogP contribution in [0.3, 0.4) is 0 Å². The van der Waals surface area contributed by atoms with E-state index in [1.807, 2.05) is 6.07 Å². The van der Waals surface area contributed by atoms with Crippen molar-refractivity contribution < 1.29 is 4.74 Å². The second-order valence-corrected chi connectivity index (χ2v) is 5.08. The van der Waals surface area contributed by atoms with Gasteiger partial charge in [-0.2, -0.15) is 0 Å². The fraction of sp³-hybridized carbons (Fsp3) is 0.250. The SMILES string of the molecule is Cc1cccc(COc2ccc(C)cc2CBr)c1. The Bertz CT molecular complexity index is 534. The van der Waals surface area contributed by atoms with Gasteiger partial charge in [0, 0.05) is 10.9 Å². The predicted molar refractivity (Wildman–Crippen MR) is 79.3 cm³/mol. The van der Waals surface area contributed by atoms with Gasteiger partial charge in [0.15, 0.2) is 0 Å². The van der Waals surface area contributed by atoms with Gasteiger partial charge in [-0.15, -0.1) is 0 Å². The van der Waals surface area contributed by atoms with Crippen LogP contribution >= 0.6 is 15.9 Å². The van der Waals surface area contributed by atoms with Crippen LogP contribution in [-0.2, 0) is 11.9 Å².